The highest BCUT2D eigenvalue weighted by atomic mass is 16.5. The third kappa shape index (κ3) is 4.43. The zero-order valence-corrected chi connectivity index (χ0v) is 15.6. The van der Waals surface area contributed by atoms with Gasteiger partial charge in [-0.25, -0.2) is 10.1 Å². The molecule has 142 valence electrons. The third-order valence-corrected chi connectivity index (χ3v) is 4.48. The minimum atomic E-state index is 0.546. The summed E-state index contributed by atoms with van der Waals surface area (Å²) in [6.07, 6.45) is 2.35. The van der Waals surface area contributed by atoms with E-state index in [9.17, 15) is 0 Å². The van der Waals surface area contributed by atoms with Gasteiger partial charge in [0.1, 0.15) is 17.3 Å². The van der Waals surface area contributed by atoms with E-state index in [2.05, 4.69) is 37.7 Å². The maximum atomic E-state index is 5.87. The van der Waals surface area contributed by atoms with Gasteiger partial charge < -0.3 is 9.15 Å². The molecule has 0 aliphatic carbocycles. The van der Waals surface area contributed by atoms with Crippen molar-refractivity contribution in [3.63, 3.8) is 0 Å². The lowest BCUT2D eigenvalue weighted by Crippen LogP contribution is -2.03. The van der Waals surface area contributed by atoms with E-state index in [1.165, 1.54) is 5.56 Å². The van der Waals surface area contributed by atoms with Crippen LogP contribution in [0, 0.1) is 6.92 Å². The lowest BCUT2D eigenvalue weighted by atomic mass is 10.1. The molecule has 4 rings (SSSR count). The minimum Gasteiger partial charge on any atom is -0.493 e. The number of tetrazole rings is 1. The molecule has 2 heterocycles. The Kier molecular flexibility index (Phi) is 5.42. The molecule has 0 aliphatic rings. The number of rotatable bonds is 8. The summed E-state index contributed by atoms with van der Waals surface area (Å²) in [6.45, 7) is 2.48. The fourth-order valence-electron chi connectivity index (χ4n) is 2.93. The summed E-state index contributed by atoms with van der Waals surface area (Å²) >= 11 is 0. The van der Waals surface area contributed by atoms with Crippen LogP contribution in [0.2, 0.25) is 0 Å². The van der Waals surface area contributed by atoms with Crippen molar-refractivity contribution in [2.24, 2.45) is 0 Å². The second-order valence-electron chi connectivity index (χ2n) is 6.48. The number of benzene rings is 2. The molecular formula is C21H21N5O2. The Labute approximate surface area is 162 Å². The summed E-state index contributed by atoms with van der Waals surface area (Å²) < 4.78 is 11.7. The predicted molar refractivity (Wildman–Crippen MR) is 104 cm³/mol. The molecule has 0 aliphatic heterocycles. The summed E-state index contributed by atoms with van der Waals surface area (Å²) in [4.78, 5) is 4.61. The Bertz CT molecular complexity index is 995. The van der Waals surface area contributed by atoms with E-state index in [0.717, 1.165) is 41.4 Å². The van der Waals surface area contributed by atoms with Gasteiger partial charge in [-0.15, -0.1) is 5.10 Å². The maximum absolute atomic E-state index is 5.87. The molecule has 0 fully saturated rings. The van der Waals surface area contributed by atoms with Crippen LogP contribution in [0.1, 0.15) is 22.8 Å². The molecule has 0 atom stereocenters. The second-order valence-corrected chi connectivity index (χ2v) is 6.48. The Hall–Kier alpha value is -3.48. The van der Waals surface area contributed by atoms with E-state index in [0.29, 0.717) is 18.9 Å². The zero-order valence-electron chi connectivity index (χ0n) is 15.6. The third-order valence-electron chi connectivity index (χ3n) is 4.48. The van der Waals surface area contributed by atoms with Crippen molar-refractivity contribution in [3.8, 4) is 17.2 Å². The van der Waals surface area contributed by atoms with E-state index in [-0.39, 0.29) is 0 Å². The lowest BCUT2D eigenvalue weighted by Gasteiger charge is -2.06. The molecule has 7 heteroatoms. The number of nitrogens with zero attached hydrogens (tertiary/aromatic N) is 4. The van der Waals surface area contributed by atoms with Crippen LogP contribution in [-0.4, -0.2) is 32.2 Å². The van der Waals surface area contributed by atoms with Gasteiger partial charge >= 0.3 is 0 Å². The quantitative estimate of drug-likeness (QED) is 0.506. The van der Waals surface area contributed by atoms with Crippen LogP contribution in [0.25, 0.3) is 11.5 Å². The van der Waals surface area contributed by atoms with Crippen LogP contribution in [0.3, 0.4) is 0 Å². The minimum absolute atomic E-state index is 0.546. The highest BCUT2D eigenvalue weighted by Gasteiger charge is 2.11. The molecule has 0 radical (unpaired) electrons. The van der Waals surface area contributed by atoms with Crippen molar-refractivity contribution in [1.82, 2.24) is 25.6 Å². The first-order valence-corrected chi connectivity index (χ1v) is 9.24. The van der Waals surface area contributed by atoms with Gasteiger partial charge in [-0.3, -0.25) is 0 Å². The molecule has 4 aromatic rings. The van der Waals surface area contributed by atoms with Gasteiger partial charge in [0.15, 0.2) is 0 Å². The average Bonchev–Trinajstić information content (AvgIpc) is 3.38. The Morgan fingerprint density at radius 1 is 0.964 bits per heavy atom. The topological polar surface area (TPSA) is 89.7 Å². The number of hydrogen-bond acceptors (Lipinski definition) is 6. The highest BCUT2D eigenvalue weighted by molar-refractivity contribution is 5.53. The number of aromatic amines is 1. The van der Waals surface area contributed by atoms with Gasteiger partial charge in [0.2, 0.25) is 5.89 Å². The molecular weight excluding hydrogens is 354 g/mol. The van der Waals surface area contributed by atoms with E-state index in [1.807, 2.05) is 49.4 Å². The van der Waals surface area contributed by atoms with E-state index in [4.69, 9.17) is 9.15 Å². The van der Waals surface area contributed by atoms with Crippen molar-refractivity contribution >= 4 is 0 Å². The fraction of sp³-hybridized carbons (Fsp3) is 0.238. The number of ether oxygens (including phenoxy) is 1. The number of hydrogen-bond donors (Lipinski definition) is 1. The van der Waals surface area contributed by atoms with Gasteiger partial charge in [-0.05, 0) is 53.6 Å². The predicted octanol–water partition coefficient (Wildman–Crippen LogP) is 3.57. The van der Waals surface area contributed by atoms with Crippen molar-refractivity contribution in [3.05, 3.63) is 77.4 Å². The molecule has 1 N–H and O–H groups in total. The molecule has 0 unspecified atom stereocenters. The lowest BCUT2D eigenvalue weighted by molar-refractivity contribution is 0.320. The standard InChI is InChI=1S/C21H21N5O2/c1-15-19(22-21(28-15)17-5-3-2-4-6-17)13-14-27-18-10-7-16(8-11-18)9-12-20-23-25-26-24-20/h2-8,10-11H,9,12-14H2,1H3,(H,23,24,25,26). The first-order chi connectivity index (χ1) is 13.8. The van der Waals surface area contributed by atoms with Gasteiger partial charge in [0, 0.05) is 18.4 Å². The molecule has 28 heavy (non-hydrogen) atoms. The molecule has 7 nitrogen and oxygen atoms in total. The summed E-state index contributed by atoms with van der Waals surface area (Å²) in [5, 5.41) is 13.8. The van der Waals surface area contributed by atoms with Gasteiger partial charge in [0.25, 0.3) is 0 Å². The van der Waals surface area contributed by atoms with E-state index >= 15 is 0 Å². The van der Waals surface area contributed by atoms with Gasteiger partial charge in [-0.2, -0.15) is 0 Å². The summed E-state index contributed by atoms with van der Waals surface area (Å²) in [6, 6.07) is 18.0. The normalized spacial score (nSPS) is 10.9. The number of H-pyrrole nitrogens is 1. The Morgan fingerprint density at radius 2 is 1.79 bits per heavy atom. The molecule has 2 aromatic carbocycles. The van der Waals surface area contributed by atoms with Crippen LogP contribution in [-0.2, 0) is 19.3 Å². The molecule has 0 saturated heterocycles. The monoisotopic (exact) mass is 375 g/mol. The highest BCUT2D eigenvalue weighted by Crippen LogP contribution is 2.22. The van der Waals surface area contributed by atoms with Crippen LogP contribution >= 0.6 is 0 Å². The van der Waals surface area contributed by atoms with Crippen LogP contribution in [0.15, 0.2) is 59.0 Å². The molecule has 0 spiro atoms. The van der Waals surface area contributed by atoms with E-state index < -0.39 is 0 Å². The summed E-state index contributed by atoms with van der Waals surface area (Å²) in [7, 11) is 0. The van der Waals surface area contributed by atoms with Crippen molar-refractivity contribution in [2.45, 2.75) is 26.2 Å². The zero-order chi connectivity index (χ0) is 19.2. The van der Waals surface area contributed by atoms with Crippen LogP contribution < -0.4 is 4.74 Å². The average molecular weight is 375 g/mol. The number of oxazole rings is 1. The number of aromatic nitrogens is 5. The summed E-state index contributed by atoms with van der Waals surface area (Å²) in [5.74, 6) is 3.12. The summed E-state index contributed by atoms with van der Waals surface area (Å²) in [5.41, 5.74) is 3.12. The molecule has 0 amide bonds. The Balaban J connectivity index is 1.28. The maximum Gasteiger partial charge on any atom is 0.226 e. The molecule has 0 bridgehead atoms. The second kappa shape index (κ2) is 8.47. The van der Waals surface area contributed by atoms with Crippen molar-refractivity contribution < 1.29 is 9.15 Å². The van der Waals surface area contributed by atoms with Crippen molar-refractivity contribution in [2.75, 3.05) is 6.61 Å². The fourth-order valence-corrected chi connectivity index (χ4v) is 2.93. The van der Waals surface area contributed by atoms with Gasteiger partial charge in [-0.1, -0.05) is 30.3 Å². The van der Waals surface area contributed by atoms with Gasteiger partial charge in [0.05, 0.1) is 12.3 Å². The van der Waals surface area contributed by atoms with E-state index in [1.54, 1.807) is 0 Å². The number of nitrogens with one attached hydrogen (secondary N) is 1. The van der Waals surface area contributed by atoms with Crippen LogP contribution in [0.4, 0.5) is 0 Å². The van der Waals surface area contributed by atoms with Crippen molar-refractivity contribution in [1.29, 1.82) is 0 Å². The largest absolute Gasteiger partial charge is 0.493 e. The SMILES string of the molecule is Cc1oc(-c2ccccc2)nc1CCOc1ccc(CCc2nnn[nH]2)cc1. The van der Waals surface area contributed by atoms with Crippen LogP contribution in [0.5, 0.6) is 5.75 Å². The first kappa shape index (κ1) is 17.9. The number of aryl methyl sites for hydroxylation is 3. The smallest absolute Gasteiger partial charge is 0.226 e. The Morgan fingerprint density at radius 3 is 2.54 bits per heavy atom. The molecule has 0 saturated carbocycles. The first-order valence-electron chi connectivity index (χ1n) is 9.24. The molecule has 2 aromatic heterocycles.